The van der Waals surface area contributed by atoms with Crippen LogP contribution in [0.2, 0.25) is 0 Å². The largest absolute Gasteiger partial charge is 0.349 e. The molecule has 4 nitrogen and oxygen atoms in total. The lowest BCUT2D eigenvalue weighted by atomic mass is 9.73. The van der Waals surface area contributed by atoms with Gasteiger partial charge in [0.2, 0.25) is 5.91 Å². The van der Waals surface area contributed by atoms with E-state index < -0.39 is 0 Å². The van der Waals surface area contributed by atoms with Gasteiger partial charge in [0.25, 0.3) is 5.91 Å². The van der Waals surface area contributed by atoms with Crippen LogP contribution in [0, 0.1) is 0 Å². The van der Waals surface area contributed by atoms with E-state index in [0.29, 0.717) is 25.1 Å². The van der Waals surface area contributed by atoms with Crippen molar-refractivity contribution in [2.75, 3.05) is 20.6 Å². The predicted octanol–water partition coefficient (Wildman–Crippen LogP) is 3.08. The molecule has 0 saturated carbocycles. The summed E-state index contributed by atoms with van der Waals surface area (Å²) in [5.41, 5.74) is 2.38. The molecule has 3 rings (SSSR count). The lowest BCUT2D eigenvalue weighted by Gasteiger charge is -2.42. The van der Waals surface area contributed by atoms with Crippen LogP contribution in [-0.2, 0) is 16.8 Å². The molecule has 0 unspecified atom stereocenters. The van der Waals surface area contributed by atoms with Gasteiger partial charge in [-0.1, -0.05) is 55.5 Å². The van der Waals surface area contributed by atoms with E-state index in [0.717, 1.165) is 11.1 Å². The van der Waals surface area contributed by atoms with E-state index in [-0.39, 0.29) is 17.2 Å². The molecule has 25 heavy (non-hydrogen) atoms. The van der Waals surface area contributed by atoms with E-state index in [4.69, 9.17) is 0 Å². The average molecular weight is 336 g/mol. The Hall–Kier alpha value is -2.62. The van der Waals surface area contributed by atoms with E-state index in [1.807, 2.05) is 59.5 Å². The number of hydrogen-bond donors (Lipinski definition) is 0. The summed E-state index contributed by atoms with van der Waals surface area (Å²) in [6.45, 7) is 3.18. The molecule has 0 N–H and O–H groups in total. The monoisotopic (exact) mass is 336 g/mol. The molecular weight excluding hydrogens is 312 g/mol. The number of amides is 2. The van der Waals surface area contributed by atoms with Crippen molar-refractivity contribution in [3.63, 3.8) is 0 Å². The van der Waals surface area contributed by atoms with Crippen LogP contribution in [-0.4, -0.2) is 42.3 Å². The lowest BCUT2D eigenvalue weighted by molar-refractivity contribution is -0.130. The van der Waals surface area contributed by atoms with Gasteiger partial charge in [0.1, 0.15) is 0 Å². The number of rotatable bonds is 4. The van der Waals surface area contributed by atoms with Crippen molar-refractivity contribution in [3.05, 3.63) is 71.3 Å². The van der Waals surface area contributed by atoms with Gasteiger partial charge in [-0.3, -0.25) is 9.59 Å². The minimum absolute atomic E-state index is 0.0363. The molecule has 1 aliphatic heterocycles. The van der Waals surface area contributed by atoms with Gasteiger partial charge in [0.15, 0.2) is 0 Å². The second-order valence-electron chi connectivity index (χ2n) is 7.22. The first kappa shape index (κ1) is 17.2. The van der Waals surface area contributed by atoms with Crippen LogP contribution < -0.4 is 0 Å². The Morgan fingerprint density at radius 1 is 1.08 bits per heavy atom. The molecule has 0 aromatic heterocycles. The minimum atomic E-state index is -0.388. The lowest BCUT2D eigenvalue weighted by Crippen LogP contribution is -2.49. The van der Waals surface area contributed by atoms with E-state index in [2.05, 4.69) is 6.92 Å². The smallest absolute Gasteiger partial charge is 0.254 e. The summed E-state index contributed by atoms with van der Waals surface area (Å²) in [4.78, 5) is 28.8. The van der Waals surface area contributed by atoms with E-state index in [1.165, 1.54) is 0 Å². The molecule has 1 aliphatic rings. The molecule has 0 spiro atoms. The summed E-state index contributed by atoms with van der Waals surface area (Å²) < 4.78 is 0. The standard InChI is InChI=1S/C21H24N2O2/c1-21(13-19(24)22(2)3)15-23(14-16-9-5-4-6-10-16)20(25)17-11-7-8-12-18(17)21/h4-12H,13-15H2,1-3H3/t21-/m0/s1. The fourth-order valence-electron chi connectivity index (χ4n) is 3.52. The van der Waals surface area contributed by atoms with E-state index in [1.54, 1.807) is 19.0 Å². The van der Waals surface area contributed by atoms with Crippen molar-refractivity contribution in [3.8, 4) is 0 Å². The highest BCUT2D eigenvalue weighted by Gasteiger charge is 2.41. The average Bonchev–Trinajstić information content (AvgIpc) is 2.60. The fraction of sp³-hybridized carbons (Fsp3) is 0.333. The first-order valence-electron chi connectivity index (χ1n) is 8.53. The third-order valence-corrected chi connectivity index (χ3v) is 4.89. The molecule has 4 heteroatoms. The first-order valence-corrected chi connectivity index (χ1v) is 8.53. The summed E-state index contributed by atoms with van der Waals surface area (Å²) in [7, 11) is 3.54. The topological polar surface area (TPSA) is 40.6 Å². The number of carbonyl (C=O) groups is 2. The zero-order valence-electron chi connectivity index (χ0n) is 15.0. The maximum absolute atomic E-state index is 13.0. The Labute approximate surface area is 149 Å². The number of nitrogens with zero attached hydrogens (tertiary/aromatic N) is 2. The zero-order chi connectivity index (χ0) is 18.0. The molecule has 0 fully saturated rings. The van der Waals surface area contributed by atoms with Gasteiger partial charge in [0, 0.05) is 44.6 Å². The second kappa shape index (κ2) is 6.71. The van der Waals surface area contributed by atoms with Crippen molar-refractivity contribution in [2.45, 2.75) is 25.3 Å². The maximum Gasteiger partial charge on any atom is 0.254 e. The highest BCUT2D eigenvalue weighted by molar-refractivity contribution is 5.98. The van der Waals surface area contributed by atoms with Gasteiger partial charge >= 0.3 is 0 Å². The Balaban J connectivity index is 1.96. The van der Waals surface area contributed by atoms with Crippen LogP contribution in [0.1, 0.15) is 34.8 Å². The van der Waals surface area contributed by atoms with Gasteiger partial charge in [0.05, 0.1) is 0 Å². The summed E-state index contributed by atoms with van der Waals surface area (Å²) in [6, 6.07) is 17.7. The van der Waals surface area contributed by atoms with E-state index >= 15 is 0 Å². The third kappa shape index (κ3) is 3.43. The van der Waals surface area contributed by atoms with Crippen molar-refractivity contribution < 1.29 is 9.59 Å². The summed E-state index contributed by atoms with van der Waals surface area (Å²) in [6.07, 6.45) is 0.385. The SMILES string of the molecule is CN(C)C(=O)C[C@@]1(C)CN(Cc2ccccc2)C(=O)c2ccccc21. The summed E-state index contributed by atoms with van der Waals surface area (Å²) in [5.74, 6) is 0.112. The Bertz CT molecular complexity index is 785. The molecule has 130 valence electrons. The fourth-order valence-corrected chi connectivity index (χ4v) is 3.52. The molecule has 2 aromatic carbocycles. The number of benzene rings is 2. The minimum Gasteiger partial charge on any atom is -0.349 e. The third-order valence-electron chi connectivity index (χ3n) is 4.89. The van der Waals surface area contributed by atoms with Crippen LogP contribution in [0.25, 0.3) is 0 Å². The van der Waals surface area contributed by atoms with Gasteiger partial charge in [-0.05, 0) is 17.2 Å². The molecule has 1 heterocycles. The number of carbonyl (C=O) groups excluding carboxylic acids is 2. The maximum atomic E-state index is 13.0. The van der Waals surface area contributed by atoms with Crippen LogP contribution in [0.4, 0.5) is 0 Å². The van der Waals surface area contributed by atoms with Crippen LogP contribution >= 0.6 is 0 Å². The molecule has 0 bridgehead atoms. The molecule has 2 aromatic rings. The molecular formula is C21H24N2O2. The first-order chi connectivity index (χ1) is 11.9. The normalized spacial score (nSPS) is 19.5. The molecule has 2 amide bonds. The highest BCUT2D eigenvalue weighted by atomic mass is 16.2. The molecule has 0 aliphatic carbocycles. The molecule has 0 saturated heterocycles. The van der Waals surface area contributed by atoms with Crippen molar-refractivity contribution in [2.24, 2.45) is 0 Å². The van der Waals surface area contributed by atoms with Crippen LogP contribution in [0.3, 0.4) is 0 Å². The van der Waals surface area contributed by atoms with E-state index in [9.17, 15) is 9.59 Å². The van der Waals surface area contributed by atoms with Gasteiger partial charge in [-0.25, -0.2) is 0 Å². The van der Waals surface area contributed by atoms with Crippen molar-refractivity contribution >= 4 is 11.8 Å². The Morgan fingerprint density at radius 2 is 1.72 bits per heavy atom. The second-order valence-corrected chi connectivity index (χ2v) is 7.22. The van der Waals surface area contributed by atoms with Gasteiger partial charge in [-0.2, -0.15) is 0 Å². The van der Waals surface area contributed by atoms with Gasteiger partial charge in [-0.15, -0.1) is 0 Å². The number of hydrogen-bond acceptors (Lipinski definition) is 2. The van der Waals surface area contributed by atoms with Crippen LogP contribution in [0.15, 0.2) is 54.6 Å². The Morgan fingerprint density at radius 3 is 2.40 bits per heavy atom. The van der Waals surface area contributed by atoms with Crippen LogP contribution in [0.5, 0.6) is 0 Å². The number of fused-ring (bicyclic) bond motifs is 1. The summed E-state index contributed by atoms with van der Waals surface area (Å²) >= 11 is 0. The highest BCUT2D eigenvalue weighted by Crippen LogP contribution is 2.37. The van der Waals surface area contributed by atoms with Crippen molar-refractivity contribution in [1.82, 2.24) is 9.80 Å². The quantitative estimate of drug-likeness (QED) is 0.861. The molecule has 1 atom stereocenters. The summed E-state index contributed by atoms with van der Waals surface area (Å²) in [5, 5.41) is 0. The van der Waals surface area contributed by atoms with Crippen molar-refractivity contribution in [1.29, 1.82) is 0 Å². The zero-order valence-corrected chi connectivity index (χ0v) is 15.0. The predicted molar refractivity (Wildman–Crippen MR) is 98.3 cm³/mol. The van der Waals surface area contributed by atoms with Gasteiger partial charge < -0.3 is 9.80 Å². The molecule has 0 radical (unpaired) electrons. The Kier molecular flexibility index (Phi) is 4.62.